The van der Waals surface area contributed by atoms with Gasteiger partial charge in [0.25, 0.3) is 5.91 Å². The highest BCUT2D eigenvalue weighted by Gasteiger charge is 2.48. The highest BCUT2D eigenvalue weighted by molar-refractivity contribution is 6.22. The van der Waals surface area contributed by atoms with Gasteiger partial charge in [-0.2, -0.15) is 0 Å². The van der Waals surface area contributed by atoms with Crippen LogP contribution in [0.15, 0.2) is 24.3 Å². The normalized spacial score (nSPS) is 27.0. The van der Waals surface area contributed by atoms with Crippen LogP contribution in [0.2, 0.25) is 0 Å². The molecule has 0 radical (unpaired) electrons. The zero-order valence-electron chi connectivity index (χ0n) is 15.2. The summed E-state index contributed by atoms with van der Waals surface area (Å²) in [6, 6.07) is 6.93. The quantitative estimate of drug-likeness (QED) is 0.759. The fourth-order valence-corrected chi connectivity index (χ4v) is 4.36. The van der Waals surface area contributed by atoms with E-state index in [0.717, 1.165) is 51.9 Å². The number of piperazine rings is 1. The number of nitrogens with zero attached hydrogens (tertiary/aromatic N) is 3. The second-order valence-corrected chi connectivity index (χ2v) is 7.65. The molecule has 2 atom stereocenters. The first-order valence-corrected chi connectivity index (χ1v) is 9.52. The molecule has 2 heterocycles. The molecule has 26 heavy (non-hydrogen) atoms. The standard InChI is InChI=1S/C20H25N3O3/c1-21-10-12-22(13-11-21)18(24)14-6-8-15(9-7-14)23-19(25)16-4-2-3-5-17(16)20(23)26/h6-9,16-17H,2-5,10-13H2,1H3/t16-,17+. The Hall–Kier alpha value is -2.21. The van der Waals surface area contributed by atoms with Crippen molar-refractivity contribution < 1.29 is 14.4 Å². The molecule has 3 aliphatic rings. The molecule has 6 heteroatoms. The Morgan fingerprint density at radius 1 is 0.885 bits per heavy atom. The predicted octanol–water partition coefficient (Wildman–Crippen LogP) is 1.75. The van der Waals surface area contributed by atoms with Gasteiger partial charge >= 0.3 is 0 Å². The number of imide groups is 1. The van der Waals surface area contributed by atoms with Crippen molar-refractivity contribution in [3.63, 3.8) is 0 Å². The van der Waals surface area contributed by atoms with Crippen molar-refractivity contribution in [1.82, 2.24) is 9.80 Å². The highest BCUT2D eigenvalue weighted by atomic mass is 16.2. The maximum atomic E-state index is 12.7. The zero-order chi connectivity index (χ0) is 18.3. The van der Waals surface area contributed by atoms with Crippen LogP contribution in [0.25, 0.3) is 0 Å². The van der Waals surface area contributed by atoms with E-state index in [0.29, 0.717) is 11.3 Å². The number of rotatable bonds is 2. The minimum Gasteiger partial charge on any atom is -0.336 e. The van der Waals surface area contributed by atoms with Crippen molar-refractivity contribution in [3.8, 4) is 0 Å². The van der Waals surface area contributed by atoms with Gasteiger partial charge < -0.3 is 9.80 Å². The molecular formula is C20H25N3O3. The molecular weight excluding hydrogens is 330 g/mol. The average Bonchev–Trinajstić information content (AvgIpc) is 2.93. The summed E-state index contributed by atoms with van der Waals surface area (Å²) in [5.41, 5.74) is 1.19. The molecule has 138 valence electrons. The molecule has 0 spiro atoms. The van der Waals surface area contributed by atoms with Gasteiger partial charge in [-0.3, -0.25) is 19.3 Å². The second-order valence-electron chi connectivity index (χ2n) is 7.65. The van der Waals surface area contributed by atoms with Gasteiger partial charge in [0.15, 0.2) is 0 Å². The van der Waals surface area contributed by atoms with Crippen LogP contribution in [-0.4, -0.2) is 60.7 Å². The molecule has 0 bridgehead atoms. The van der Waals surface area contributed by atoms with E-state index in [1.165, 1.54) is 4.90 Å². The van der Waals surface area contributed by atoms with Crippen molar-refractivity contribution >= 4 is 23.4 Å². The third-order valence-corrected chi connectivity index (χ3v) is 6.00. The Kier molecular flexibility index (Phi) is 4.53. The zero-order valence-corrected chi connectivity index (χ0v) is 15.2. The Morgan fingerprint density at radius 3 is 1.96 bits per heavy atom. The van der Waals surface area contributed by atoms with E-state index in [-0.39, 0.29) is 29.6 Å². The van der Waals surface area contributed by atoms with Crippen LogP contribution in [-0.2, 0) is 9.59 Å². The van der Waals surface area contributed by atoms with Gasteiger partial charge in [0, 0.05) is 31.7 Å². The molecule has 0 aromatic heterocycles. The fraction of sp³-hybridized carbons (Fsp3) is 0.550. The highest BCUT2D eigenvalue weighted by Crippen LogP contribution is 2.40. The molecule has 2 saturated heterocycles. The second kappa shape index (κ2) is 6.83. The van der Waals surface area contributed by atoms with E-state index < -0.39 is 0 Å². The number of carbonyl (C=O) groups is 3. The number of hydrogen-bond acceptors (Lipinski definition) is 4. The van der Waals surface area contributed by atoms with Crippen LogP contribution in [0.5, 0.6) is 0 Å². The van der Waals surface area contributed by atoms with Crippen molar-refractivity contribution in [2.45, 2.75) is 25.7 Å². The largest absolute Gasteiger partial charge is 0.336 e. The van der Waals surface area contributed by atoms with Crippen LogP contribution in [0.1, 0.15) is 36.0 Å². The number of hydrogen-bond donors (Lipinski definition) is 0. The smallest absolute Gasteiger partial charge is 0.253 e. The lowest BCUT2D eigenvalue weighted by Gasteiger charge is -2.32. The average molecular weight is 355 g/mol. The minimum atomic E-state index is -0.150. The third-order valence-electron chi connectivity index (χ3n) is 6.00. The van der Waals surface area contributed by atoms with E-state index in [2.05, 4.69) is 11.9 Å². The molecule has 1 aromatic rings. The topological polar surface area (TPSA) is 60.9 Å². The lowest BCUT2D eigenvalue weighted by atomic mass is 9.81. The minimum absolute atomic E-state index is 0.0115. The van der Waals surface area contributed by atoms with Gasteiger partial charge in [-0.25, -0.2) is 0 Å². The first kappa shape index (κ1) is 17.2. The van der Waals surface area contributed by atoms with Gasteiger partial charge in [-0.15, -0.1) is 0 Å². The number of carbonyl (C=O) groups excluding carboxylic acids is 3. The molecule has 4 rings (SSSR count). The molecule has 1 saturated carbocycles. The van der Waals surface area contributed by atoms with Crippen molar-refractivity contribution in [2.75, 3.05) is 38.1 Å². The van der Waals surface area contributed by atoms with Crippen LogP contribution in [0, 0.1) is 11.8 Å². The summed E-state index contributed by atoms with van der Waals surface area (Å²) >= 11 is 0. The van der Waals surface area contributed by atoms with Crippen molar-refractivity contribution in [3.05, 3.63) is 29.8 Å². The number of likely N-dealkylation sites (N-methyl/N-ethyl adjacent to an activating group) is 1. The first-order chi connectivity index (χ1) is 12.6. The number of anilines is 1. The van der Waals surface area contributed by atoms with Gasteiger partial charge in [0.1, 0.15) is 0 Å². The van der Waals surface area contributed by atoms with E-state index in [9.17, 15) is 14.4 Å². The summed E-state index contributed by atoms with van der Waals surface area (Å²) in [5, 5.41) is 0. The lowest BCUT2D eigenvalue weighted by molar-refractivity contribution is -0.122. The van der Waals surface area contributed by atoms with Crippen molar-refractivity contribution in [2.24, 2.45) is 11.8 Å². The Bertz CT molecular complexity index is 698. The van der Waals surface area contributed by atoms with E-state index in [4.69, 9.17) is 0 Å². The van der Waals surface area contributed by atoms with Gasteiger partial charge in [-0.1, -0.05) is 12.8 Å². The number of amides is 3. The van der Waals surface area contributed by atoms with Crippen molar-refractivity contribution in [1.29, 1.82) is 0 Å². The van der Waals surface area contributed by atoms with Crippen LogP contribution < -0.4 is 4.90 Å². The summed E-state index contributed by atoms with van der Waals surface area (Å²) in [7, 11) is 2.05. The Morgan fingerprint density at radius 2 is 1.42 bits per heavy atom. The van der Waals surface area contributed by atoms with Crippen LogP contribution in [0.3, 0.4) is 0 Å². The third kappa shape index (κ3) is 2.92. The van der Waals surface area contributed by atoms with Gasteiger partial charge in [-0.05, 0) is 44.2 Å². The molecule has 2 aliphatic heterocycles. The fourth-order valence-electron chi connectivity index (χ4n) is 4.36. The molecule has 3 amide bonds. The molecule has 1 aliphatic carbocycles. The summed E-state index contributed by atoms with van der Waals surface area (Å²) < 4.78 is 0. The summed E-state index contributed by atoms with van der Waals surface area (Å²) in [5.74, 6) is -0.432. The van der Waals surface area contributed by atoms with Gasteiger partial charge in [0.05, 0.1) is 17.5 Å². The van der Waals surface area contributed by atoms with Gasteiger partial charge in [0.2, 0.25) is 11.8 Å². The monoisotopic (exact) mass is 355 g/mol. The first-order valence-electron chi connectivity index (χ1n) is 9.52. The van der Waals surface area contributed by atoms with E-state index in [1.807, 2.05) is 4.90 Å². The van der Waals surface area contributed by atoms with Crippen LogP contribution in [0.4, 0.5) is 5.69 Å². The molecule has 3 fully saturated rings. The Labute approximate surface area is 153 Å². The Balaban J connectivity index is 1.50. The number of fused-ring (bicyclic) bond motifs is 1. The number of benzene rings is 1. The summed E-state index contributed by atoms with van der Waals surface area (Å²) in [6.45, 7) is 3.21. The lowest BCUT2D eigenvalue weighted by Crippen LogP contribution is -2.47. The molecule has 0 unspecified atom stereocenters. The predicted molar refractivity (Wildman–Crippen MR) is 97.8 cm³/mol. The van der Waals surface area contributed by atoms with Crippen LogP contribution >= 0.6 is 0 Å². The van der Waals surface area contributed by atoms with E-state index >= 15 is 0 Å². The summed E-state index contributed by atoms with van der Waals surface area (Å²) in [4.78, 5) is 43.4. The summed E-state index contributed by atoms with van der Waals surface area (Å²) in [6.07, 6.45) is 3.66. The molecule has 1 aromatic carbocycles. The molecule has 0 N–H and O–H groups in total. The maximum Gasteiger partial charge on any atom is 0.253 e. The maximum absolute atomic E-state index is 12.7. The van der Waals surface area contributed by atoms with E-state index in [1.54, 1.807) is 24.3 Å². The molecule has 6 nitrogen and oxygen atoms in total. The SMILES string of the molecule is CN1CCN(C(=O)c2ccc(N3C(=O)[C@H]4CCCC[C@H]4C3=O)cc2)CC1.